The molecule has 2 N–H and O–H groups in total. The average Bonchev–Trinajstić information content (AvgIpc) is 2.40. The normalized spacial score (nSPS) is 22.6. The lowest BCUT2D eigenvalue weighted by molar-refractivity contribution is -0.401. The van der Waals surface area contributed by atoms with Gasteiger partial charge in [0, 0.05) is 11.8 Å². The third-order valence-corrected chi connectivity index (χ3v) is 4.26. The smallest absolute Gasteiger partial charge is 0.373 e. The minimum absolute atomic E-state index is 0.617. The van der Waals surface area contributed by atoms with E-state index in [4.69, 9.17) is 0 Å². The van der Waals surface area contributed by atoms with E-state index in [9.17, 15) is 62.9 Å². The Bertz CT molecular complexity index is 426. The van der Waals surface area contributed by atoms with Crippen molar-refractivity contribution in [2.75, 3.05) is 0 Å². The van der Waals surface area contributed by atoms with E-state index < -0.39 is 73.4 Å². The quantitative estimate of drug-likeness (QED) is 0.654. The summed E-state index contributed by atoms with van der Waals surface area (Å²) < 4.78 is 155. The van der Waals surface area contributed by atoms with Gasteiger partial charge < -0.3 is 10.2 Å². The molecule has 0 saturated heterocycles. The second-order valence-corrected chi connectivity index (χ2v) is 5.79. The van der Waals surface area contributed by atoms with Gasteiger partial charge in [0.2, 0.25) is 0 Å². The fraction of sp³-hybridized carbons (Fsp3) is 0.917. The molecule has 0 aromatic rings. The van der Waals surface area contributed by atoms with E-state index in [1.54, 1.807) is 0 Å². The molecule has 0 aromatic carbocycles. The fourth-order valence-electron chi connectivity index (χ4n) is 2.99. The highest BCUT2D eigenvalue weighted by molar-refractivity contribution is 5.25. The molecule has 0 heterocycles. The summed E-state index contributed by atoms with van der Waals surface area (Å²) in [6.45, 7) is 0. The Balaban J connectivity index is 3.68. The summed E-state index contributed by atoms with van der Waals surface area (Å²) in [6.07, 6.45) is -30.9. The molecule has 1 aliphatic rings. The molecule has 2 nitrogen and oxygen atoms in total. The van der Waals surface area contributed by atoms with Crippen LogP contribution < -0.4 is 0 Å². The van der Waals surface area contributed by atoms with E-state index in [0.717, 1.165) is 0 Å². The molecule has 0 aliphatic heterocycles. The predicted molar refractivity (Wildman–Crippen MR) is 59.3 cm³/mol. The van der Waals surface area contributed by atoms with E-state index in [1.165, 1.54) is 0 Å². The number of halogens is 12. The van der Waals surface area contributed by atoms with Crippen molar-refractivity contribution in [1.82, 2.24) is 0 Å². The Morgan fingerprint density at radius 2 is 1.00 bits per heavy atom. The van der Waals surface area contributed by atoms with Gasteiger partial charge in [0.05, 0.1) is 0 Å². The first-order chi connectivity index (χ1) is 11.2. The van der Waals surface area contributed by atoms with Crippen LogP contribution in [-0.2, 0) is 0 Å². The van der Waals surface area contributed by atoms with E-state index in [2.05, 4.69) is 0 Å². The lowest BCUT2D eigenvalue weighted by Crippen LogP contribution is -2.70. The van der Waals surface area contributed by atoms with Gasteiger partial charge in [-0.05, 0) is 12.8 Å². The first kappa shape index (κ1) is 23.1. The molecule has 155 valence electrons. The molecule has 1 saturated carbocycles. The van der Waals surface area contributed by atoms with Crippen LogP contribution >= 0.6 is 0 Å². The molecule has 1 aliphatic carbocycles. The maximum absolute atomic E-state index is 12.9. The maximum Gasteiger partial charge on any atom is 0.426 e. The van der Waals surface area contributed by atoms with Crippen molar-refractivity contribution in [3.8, 4) is 0 Å². The van der Waals surface area contributed by atoms with Crippen LogP contribution in [0.3, 0.4) is 0 Å². The van der Waals surface area contributed by atoms with E-state index in [-0.39, 0.29) is 0 Å². The minimum atomic E-state index is -6.66. The van der Waals surface area contributed by atoms with Crippen LogP contribution in [0.15, 0.2) is 0 Å². The zero-order valence-electron chi connectivity index (χ0n) is 12.3. The molecule has 1 unspecified atom stereocenters. The largest absolute Gasteiger partial charge is 0.426 e. The molecule has 26 heavy (non-hydrogen) atoms. The summed E-state index contributed by atoms with van der Waals surface area (Å²) in [5, 5.41) is 18.5. The van der Waals surface area contributed by atoms with Crippen molar-refractivity contribution in [2.24, 2.45) is 5.92 Å². The fourth-order valence-corrected chi connectivity index (χ4v) is 2.99. The molecule has 0 amide bonds. The molecule has 0 bridgehead atoms. The van der Waals surface area contributed by atoms with Crippen LogP contribution in [0.25, 0.3) is 0 Å². The average molecular weight is 415 g/mol. The summed E-state index contributed by atoms with van der Waals surface area (Å²) in [5.41, 5.74) is -11.8. The van der Waals surface area contributed by atoms with E-state index in [0.29, 0.717) is 0 Å². The number of aliphatic hydroxyl groups is 2. The second-order valence-electron chi connectivity index (χ2n) is 5.79. The van der Waals surface area contributed by atoms with Crippen LogP contribution in [0.2, 0.25) is 0 Å². The Kier molecular flexibility index (Phi) is 5.61. The molecule has 1 radical (unpaired) electrons. The van der Waals surface area contributed by atoms with Gasteiger partial charge in [-0.3, -0.25) is 0 Å². The highest BCUT2D eigenvalue weighted by Crippen LogP contribution is 2.61. The zero-order chi connectivity index (χ0) is 21.0. The highest BCUT2D eigenvalue weighted by Gasteiger charge is 2.81. The minimum Gasteiger partial charge on any atom is -0.373 e. The molecular formula is C12H11F12O2. The third-order valence-electron chi connectivity index (χ3n) is 4.26. The van der Waals surface area contributed by atoms with Crippen molar-refractivity contribution >= 4 is 0 Å². The molecular weight excluding hydrogens is 404 g/mol. The highest BCUT2D eigenvalue weighted by atomic mass is 19.4. The van der Waals surface area contributed by atoms with E-state index in [1.807, 2.05) is 0 Å². The van der Waals surface area contributed by atoms with Crippen LogP contribution in [0.1, 0.15) is 25.7 Å². The van der Waals surface area contributed by atoms with Gasteiger partial charge in [-0.2, -0.15) is 52.7 Å². The van der Waals surface area contributed by atoms with Gasteiger partial charge >= 0.3 is 24.7 Å². The maximum atomic E-state index is 12.9. The summed E-state index contributed by atoms with van der Waals surface area (Å²) in [7, 11) is 0. The van der Waals surface area contributed by atoms with Crippen LogP contribution in [0.5, 0.6) is 0 Å². The summed E-state index contributed by atoms with van der Waals surface area (Å²) in [5.74, 6) is -6.20. The van der Waals surface area contributed by atoms with Crippen LogP contribution in [0, 0.1) is 11.8 Å². The van der Waals surface area contributed by atoms with Gasteiger partial charge in [-0.15, -0.1) is 0 Å². The van der Waals surface area contributed by atoms with E-state index >= 15 is 0 Å². The summed E-state index contributed by atoms with van der Waals surface area (Å²) in [6, 6.07) is 0. The Hall–Kier alpha value is -0.920. The molecule has 1 atom stereocenters. The SMILES string of the molecule is OC([C]1CCCCC1C(O)(C(F)(F)F)C(F)(F)F)(C(F)(F)F)C(F)(F)F. The molecule has 1 fully saturated rings. The van der Waals surface area contributed by atoms with Gasteiger partial charge in [0.1, 0.15) is 0 Å². The van der Waals surface area contributed by atoms with Crippen LogP contribution in [-0.4, -0.2) is 46.1 Å². The number of hydrogen-bond donors (Lipinski definition) is 2. The summed E-state index contributed by atoms with van der Waals surface area (Å²) in [4.78, 5) is 0. The molecule has 14 heteroatoms. The van der Waals surface area contributed by atoms with Crippen LogP contribution in [0.4, 0.5) is 52.7 Å². The monoisotopic (exact) mass is 415 g/mol. The first-order valence-electron chi connectivity index (χ1n) is 6.80. The van der Waals surface area contributed by atoms with Gasteiger partial charge in [0.25, 0.3) is 11.2 Å². The lowest BCUT2D eigenvalue weighted by Gasteiger charge is -2.49. The third kappa shape index (κ3) is 3.34. The molecule has 0 spiro atoms. The number of rotatable bonds is 2. The zero-order valence-corrected chi connectivity index (χ0v) is 12.3. The van der Waals surface area contributed by atoms with Crippen molar-refractivity contribution < 1.29 is 62.9 Å². The lowest BCUT2D eigenvalue weighted by atomic mass is 9.62. The first-order valence-corrected chi connectivity index (χ1v) is 6.80. The number of hydrogen-bond acceptors (Lipinski definition) is 2. The Labute approximate surface area is 137 Å². The number of alkyl halides is 12. The standard InChI is InChI=1S/C12H11F12O2/c13-9(14,15)7(25,10(16,17)18)5-3-1-2-4-6(5)8(26,11(19,20)21)12(22,23)24/h5,25-26H,1-4H2. The molecule has 0 aromatic heterocycles. The van der Waals surface area contributed by atoms with Crippen molar-refractivity contribution in [3.05, 3.63) is 5.92 Å². The second kappa shape index (κ2) is 6.31. The summed E-state index contributed by atoms with van der Waals surface area (Å²) >= 11 is 0. The van der Waals surface area contributed by atoms with Crippen molar-refractivity contribution in [3.63, 3.8) is 0 Å². The van der Waals surface area contributed by atoms with Gasteiger partial charge in [-0.25, -0.2) is 0 Å². The Morgan fingerprint density at radius 3 is 1.31 bits per heavy atom. The van der Waals surface area contributed by atoms with Crippen molar-refractivity contribution in [2.45, 2.75) is 61.6 Å². The molecule has 1 rings (SSSR count). The van der Waals surface area contributed by atoms with Crippen molar-refractivity contribution in [1.29, 1.82) is 0 Å². The topological polar surface area (TPSA) is 40.5 Å². The predicted octanol–water partition coefficient (Wildman–Crippen LogP) is 4.46. The van der Waals surface area contributed by atoms with Gasteiger partial charge in [0.15, 0.2) is 0 Å². The van der Waals surface area contributed by atoms with Gasteiger partial charge in [-0.1, -0.05) is 12.8 Å². The Morgan fingerprint density at radius 1 is 0.615 bits per heavy atom.